The zero-order valence-corrected chi connectivity index (χ0v) is 9.31. The van der Waals surface area contributed by atoms with E-state index in [0.29, 0.717) is 0 Å². The Morgan fingerprint density at radius 2 is 1.81 bits per heavy atom. The van der Waals surface area contributed by atoms with Gasteiger partial charge in [0, 0.05) is 12.8 Å². The monoisotopic (exact) mass is 221 g/mol. The third-order valence-corrected chi connectivity index (χ3v) is 2.45. The first-order valence-corrected chi connectivity index (χ1v) is 5.07. The second-order valence-electron chi connectivity index (χ2n) is 3.72. The number of hydrogen-bond donors (Lipinski definition) is 2. The molecule has 0 saturated carbocycles. The second kappa shape index (κ2) is 5.30. The molecule has 0 bridgehead atoms. The van der Waals surface area contributed by atoms with Gasteiger partial charge in [0.15, 0.2) is 0 Å². The highest BCUT2D eigenvalue weighted by Gasteiger charge is 2.26. The van der Waals surface area contributed by atoms with Gasteiger partial charge in [-0.25, -0.2) is 4.79 Å². The van der Waals surface area contributed by atoms with Crippen LogP contribution in [0.5, 0.6) is 0 Å². The number of aliphatic carboxylic acids is 1. The van der Waals surface area contributed by atoms with E-state index in [9.17, 15) is 9.59 Å². The van der Waals surface area contributed by atoms with Crippen molar-refractivity contribution in [2.24, 2.45) is 0 Å². The van der Waals surface area contributed by atoms with Crippen LogP contribution in [0.15, 0.2) is 30.3 Å². The van der Waals surface area contributed by atoms with Crippen molar-refractivity contribution in [1.82, 2.24) is 5.32 Å². The minimum atomic E-state index is -1.02. The number of rotatable bonds is 4. The summed E-state index contributed by atoms with van der Waals surface area (Å²) >= 11 is 0. The van der Waals surface area contributed by atoms with E-state index >= 15 is 0 Å². The van der Waals surface area contributed by atoms with E-state index in [1.165, 1.54) is 6.92 Å². The number of amides is 1. The van der Waals surface area contributed by atoms with Crippen molar-refractivity contribution < 1.29 is 14.7 Å². The van der Waals surface area contributed by atoms with Crippen LogP contribution in [-0.4, -0.2) is 23.0 Å². The van der Waals surface area contributed by atoms with Crippen molar-refractivity contribution >= 4 is 11.9 Å². The molecule has 0 heterocycles. The van der Waals surface area contributed by atoms with Crippen LogP contribution in [0.25, 0.3) is 0 Å². The first-order chi connectivity index (χ1) is 7.52. The average Bonchev–Trinajstić information content (AvgIpc) is 2.25. The van der Waals surface area contributed by atoms with Gasteiger partial charge in [-0.05, 0) is 5.56 Å². The van der Waals surface area contributed by atoms with Crippen LogP contribution in [0.1, 0.15) is 25.3 Å². The number of carbonyl (C=O) groups excluding carboxylic acids is 1. The first-order valence-electron chi connectivity index (χ1n) is 5.07. The number of hydrogen-bond acceptors (Lipinski definition) is 2. The van der Waals surface area contributed by atoms with Gasteiger partial charge in [0.25, 0.3) is 0 Å². The molecule has 16 heavy (non-hydrogen) atoms. The molecule has 0 radical (unpaired) electrons. The van der Waals surface area contributed by atoms with Crippen LogP contribution < -0.4 is 5.32 Å². The van der Waals surface area contributed by atoms with Crippen molar-refractivity contribution in [1.29, 1.82) is 0 Å². The van der Waals surface area contributed by atoms with E-state index in [-0.39, 0.29) is 11.8 Å². The summed E-state index contributed by atoms with van der Waals surface area (Å²) in [6.07, 6.45) is 0. The van der Waals surface area contributed by atoms with Gasteiger partial charge in [0.1, 0.15) is 6.04 Å². The van der Waals surface area contributed by atoms with E-state index in [1.807, 2.05) is 30.3 Å². The number of benzene rings is 1. The summed E-state index contributed by atoms with van der Waals surface area (Å²) in [6, 6.07) is 8.37. The van der Waals surface area contributed by atoms with Gasteiger partial charge in [0.2, 0.25) is 5.91 Å². The van der Waals surface area contributed by atoms with Crippen molar-refractivity contribution in [3.05, 3.63) is 35.9 Å². The zero-order chi connectivity index (χ0) is 12.1. The molecule has 0 fully saturated rings. The van der Waals surface area contributed by atoms with E-state index in [1.54, 1.807) is 6.92 Å². The lowest BCUT2D eigenvalue weighted by molar-refractivity contribution is -0.142. The molecule has 2 atom stereocenters. The lowest BCUT2D eigenvalue weighted by Gasteiger charge is -2.21. The molecule has 4 heteroatoms. The Morgan fingerprint density at radius 1 is 1.25 bits per heavy atom. The molecule has 86 valence electrons. The van der Waals surface area contributed by atoms with Crippen molar-refractivity contribution in [3.8, 4) is 0 Å². The molecule has 0 unspecified atom stereocenters. The summed E-state index contributed by atoms with van der Waals surface area (Å²) in [6.45, 7) is 3.09. The van der Waals surface area contributed by atoms with E-state index < -0.39 is 12.0 Å². The summed E-state index contributed by atoms with van der Waals surface area (Å²) in [5.41, 5.74) is 0.892. The molecular formula is C12H15NO3. The number of carboxylic acids is 1. The lowest BCUT2D eigenvalue weighted by atomic mass is 9.93. The third kappa shape index (κ3) is 3.08. The maximum absolute atomic E-state index is 11.0. The van der Waals surface area contributed by atoms with Crippen molar-refractivity contribution in [3.63, 3.8) is 0 Å². The fourth-order valence-corrected chi connectivity index (χ4v) is 1.57. The Hall–Kier alpha value is -1.84. The Kier molecular flexibility index (Phi) is 4.05. The summed E-state index contributed by atoms with van der Waals surface area (Å²) in [5, 5.41) is 11.5. The summed E-state index contributed by atoms with van der Waals surface area (Å²) in [4.78, 5) is 22.0. The number of carboxylic acid groups (broad SMARTS) is 1. The fourth-order valence-electron chi connectivity index (χ4n) is 1.57. The van der Waals surface area contributed by atoms with Gasteiger partial charge in [-0.15, -0.1) is 0 Å². The van der Waals surface area contributed by atoms with Crippen LogP contribution in [0.3, 0.4) is 0 Å². The van der Waals surface area contributed by atoms with Crippen molar-refractivity contribution in [2.75, 3.05) is 0 Å². The molecule has 0 aliphatic carbocycles. The second-order valence-corrected chi connectivity index (χ2v) is 3.72. The number of carbonyl (C=O) groups is 2. The lowest BCUT2D eigenvalue weighted by Crippen LogP contribution is -2.43. The van der Waals surface area contributed by atoms with Crippen LogP contribution in [0.2, 0.25) is 0 Å². The third-order valence-electron chi connectivity index (χ3n) is 2.45. The molecule has 1 aromatic rings. The van der Waals surface area contributed by atoms with Gasteiger partial charge >= 0.3 is 5.97 Å². The van der Waals surface area contributed by atoms with E-state index in [4.69, 9.17) is 5.11 Å². The molecule has 0 aromatic heterocycles. The maximum Gasteiger partial charge on any atom is 0.326 e. The molecule has 1 rings (SSSR count). The van der Waals surface area contributed by atoms with Crippen molar-refractivity contribution in [2.45, 2.75) is 25.8 Å². The molecule has 0 aliphatic heterocycles. The molecule has 1 aromatic carbocycles. The standard InChI is InChI=1S/C12H15NO3/c1-8(10-6-4-3-5-7-10)11(12(15)16)13-9(2)14/h3-8,11H,1-2H3,(H,13,14)(H,15,16)/t8-,11-/m0/s1. The summed E-state index contributed by atoms with van der Waals surface area (Å²) in [5.74, 6) is -1.62. The maximum atomic E-state index is 11.0. The summed E-state index contributed by atoms with van der Waals surface area (Å²) < 4.78 is 0. The average molecular weight is 221 g/mol. The van der Waals surface area contributed by atoms with Gasteiger partial charge in [-0.3, -0.25) is 4.79 Å². The predicted octanol–water partition coefficient (Wildman–Crippen LogP) is 1.38. The number of nitrogens with one attached hydrogen (secondary N) is 1. The highest BCUT2D eigenvalue weighted by molar-refractivity contribution is 5.83. The fraction of sp³-hybridized carbons (Fsp3) is 0.333. The highest BCUT2D eigenvalue weighted by Crippen LogP contribution is 2.18. The SMILES string of the molecule is CC(=O)N[C@H](C(=O)O)[C@@H](C)c1ccccc1. The normalized spacial score (nSPS) is 13.9. The smallest absolute Gasteiger partial charge is 0.326 e. The van der Waals surface area contributed by atoms with Gasteiger partial charge in [-0.1, -0.05) is 37.3 Å². The summed E-state index contributed by atoms with van der Waals surface area (Å²) in [7, 11) is 0. The molecule has 0 aliphatic rings. The van der Waals surface area contributed by atoms with Crippen LogP contribution in [0.4, 0.5) is 0 Å². The van der Waals surface area contributed by atoms with Gasteiger partial charge in [-0.2, -0.15) is 0 Å². The minimum Gasteiger partial charge on any atom is -0.480 e. The Bertz CT molecular complexity index is 375. The quantitative estimate of drug-likeness (QED) is 0.807. The Labute approximate surface area is 94.3 Å². The Balaban J connectivity index is 2.87. The zero-order valence-electron chi connectivity index (χ0n) is 9.31. The van der Waals surface area contributed by atoms with E-state index in [0.717, 1.165) is 5.56 Å². The Morgan fingerprint density at radius 3 is 2.25 bits per heavy atom. The first kappa shape index (κ1) is 12.2. The van der Waals surface area contributed by atoms with Gasteiger partial charge < -0.3 is 10.4 Å². The molecule has 4 nitrogen and oxygen atoms in total. The van der Waals surface area contributed by atoms with E-state index in [2.05, 4.69) is 5.32 Å². The topological polar surface area (TPSA) is 66.4 Å². The minimum absolute atomic E-state index is 0.261. The molecular weight excluding hydrogens is 206 g/mol. The molecule has 2 N–H and O–H groups in total. The predicted molar refractivity (Wildman–Crippen MR) is 60.1 cm³/mol. The van der Waals surface area contributed by atoms with Crippen LogP contribution in [-0.2, 0) is 9.59 Å². The molecule has 0 spiro atoms. The van der Waals surface area contributed by atoms with Crippen LogP contribution >= 0.6 is 0 Å². The van der Waals surface area contributed by atoms with Crippen LogP contribution in [0, 0.1) is 0 Å². The van der Waals surface area contributed by atoms with Gasteiger partial charge in [0.05, 0.1) is 0 Å². The molecule has 0 saturated heterocycles. The largest absolute Gasteiger partial charge is 0.480 e. The molecule has 1 amide bonds. The highest BCUT2D eigenvalue weighted by atomic mass is 16.4.